The molecule has 0 saturated carbocycles. The molecule has 2 rings (SSSR count). The van der Waals surface area contributed by atoms with E-state index in [0.717, 1.165) is 11.1 Å². The summed E-state index contributed by atoms with van der Waals surface area (Å²) >= 11 is 0. The summed E-state index contributed by atoms with van der Waals surface area (Å²) in [6, 6.07) is 14.0. The Kier molecular flexibility index (Phi) is 4.70. The van der Waals surface area contributed by atoms with Crippen LogP contribution in [0.25, 0.3) is 0 Å². The molecule has 4 heteroatoms. The molecule has 0 atom stereocenters. The van der Waals surface area contributed by atoms with Gasteiger partial charge in [-0.15, -0.1) is 0 Å². The third kappa shape index (κ3) is 3.56. The van der Waals surface area contributed by atoms with Crippen LogP contribution in [0.2, 0.25) is 0 Å². The normalized spacial score (nSPS) is 10.1. The fourth-order valence-corrected chi connectivity index (χ4v) is 1.89. The Morgan fingerprint density at radius 2 is 1.75 bits per heavy atom. The Labute approximate surface area is 117 Å². The van der Waals surface area contributed by atoms with Crippen molar-refractivity contribution in [1.29, 1.82) is 5.26 Å². The number of benzene rings is 2. The number of rotatable bonds is 5. The van der Waals surface area contributed by atoms with E-state index < -0.39 is 0 Å². The van der Waals surface area contributed by atoms with Crippen molar-refractivity contribution >= 4 is 0 Å². The molecular formula is C16H15FN2O. The zero-order valence-electron chi connectivity index (χ0n) is 11.2. The predicted molar refractivity (Wildman–Crippen MR) is 74.7 cm³/mol. The number of nitrogens with one attached hydrogen (secondary N) is 1. The largest absolute Gasteiger partial charge is 0.495 e. The molecule has 2 aromatic carbocycles. The number of ether oxygens (including phenoxy) is 1. The third-order valence-corrected chi connectivity index (χ3v) is 2.96. The lowest BCUT2D eigenvalue weighted by molar-refractivity contribution is 0.412. The van der Waals surface area contributed by atoms with Crippen LogP contribution in [0, 0.1) is 17.1 Å². The van der Waals surface area contributed by atoms with Crippen molar-refractivity contribution in [2.45, 2.75) is 13.1 Å². The molecule has 3 nitrogen and oxygen atoms in total. The first-order valence-electron chi connectivity index (χ1n) is 6.25. The molecule has 0 aliphatic rings. The number of methoxy groups -OCH3 is 1. The summed E-state index contributed by atoms with van der Waals surface area (Å²) in [7, 11) is 1.55. The lowest BCUT2D eigenvalue weighted by Gasteiger charge is -2.08. The maximum Gasteiger partial charge on any atom is 0.136 e. The van der Waals surface area contributed by atoms with Crippen molar-refractivity contribution in [3.63, 3.8) is 0 Å². The molecule has 0 aliphatic heterocycles. The van der Waals surface area contributed by atoms with E-state index >= 15 is 0 Å². The average molecular weight is 270 g/mol. The van der Waals surface area contributed by atoms with Gasteiger partial charge < -0.3 is 10.1 Å². The van der Waals surface area contributed by atoms with E-state index in [4.69, 9.17) is 10.00 Å². The number of halogens is 1. The first-order valence-corrected chi connectivity index (χ1v) is 6.25. The van der Waals surface area contributed by atoms with Crippen LogP contribution in [0.4, 0.5) is 4.39 Å². The molecule has 2 aromatic rings. The number of nitriles is 1. The zero-order valence-corrected chi connectivity index (χ0v) is 11.2. The Balaban J connectivity index is 1.94. The van der Waals surface area contributed by atoms with Gasteiger partial charge in [0.25, 0.3) is 0 Å². The number of hydrogen-bond acceptors (Lipinski definition) is 3. The average Bonchev–Trinajstić information content (AvgIpc) is 2.49. The topological polar surface area (TPSA) is 45.0 Å². The van der Waals surface area contributed by atoms with Crippen LogP contribution in [0.3, 0.4) is 0 Å². The highest BCUT2D eigenvalue weighted by atomic mass is 19.1. The van der Waals surface area contributed by atoms with E-state index in [0.29, 0.717) is 24.4 Å². The first-order chi connectivity index (χ1) is 9.72. The van der Waals surface area contributed by atoms with Crippen LogP contribution in [0.5, 0.6) is 5.75 Å². The molecule has 0 radical (unpaired) electrons. The molecule has 0 saturated heterocycles. The molecule has 20 heavy (non-hydrogen) atoms. The fraction of sp³-hybridized carbons (Fsp3) is 0.188. The van der Waals surface area contributed by atoms with Gasteiger partial charge in [-0.25, -0.2) is 4.39 Å². The third-order valence-electron chi connectivity index (χ3n) is 2.96. The second-order valence-corrected chi connectivity index (χ2v) is 4.38. The minimum Gasteiger partial charge on any atom is -0.495 e. The second-order valence-electron chi connectivity index (χ2n) is 4.38. The molecule has 0 spiro atoms. The van der Waals surface area contributed by atoms with Gasteiger partial charge in [0.15, 0.2) is 0 Å². The molecular weight excluding hydrogens is 255 g/mol. The Bertz CT molecular complexity index is 617. The standard InChI is InChI=1S/C16H15FN2O/c1-20-16-8-13(2-5-14(16)9-18)11-19-10-12-3-6-15(17)7-4-12/h2-8,19H,10-11H2,1H3. The van der Waals surface area contributed by atoms with Crippen LogP contribution < -0.4 is 10.1 Å². The van der Waals surface area contributed by atoms with Crippen molar-refractivity contribution in [2.24, 2.45) is 0 Å². The van der Waals surface area contributed by atoms with Crippen LogP contribution >= 0.6 is 0 Å². The smallest absolute Gasteiger partial charge is 0.136 e. The van der Waals surface area contributed by atoms with Crippen molar-refractivity contribution < 1.29 is 9.13 Å². The van der Waals surface area contributed by atoms with Gasteiger partial charge in [0.2, 0.25) is 0 Å². The van der Waals surface area contributed by atoms with Gasteiger partial charge in [-0.1, -0.05) is 18.2 Å². The van der Waals surface area contributed by atoms with Crippen LogP contribution in [0.1, 0.15) is 16.7 Å². The van der Waals surface area contributed by atoms with Gasteiger partial charge >= 0.3 is 0 Å². The summed E-state index contributed by atoms with van der Waals surface area (Å²) in [5.41, 5.74) is 2.57. The van der Waals surface area contributed by atoms with Gasteiger partial charge in [-0.05, 0) is 35.4 Å². The Morgan fingerprint density at radius 1 is 1.10 bits per heavy atom. The summed E-state index contributed by atoms with van der Waals surface area (Å²) in [6.45, 7) is 1.31. The van der Waals surface area contributed by atoms with Gasteiger partial charge in [0, 0.05) is 13.1 Å². The monoisotopic (exact) mass is 270 g/mol. The van der Waals surface area contributed by atoms with Crippen molar-refractivity contribution in [2.75, 3.05) is 7.11 Å². The maximum atomic E-state index is 12.8. The molecule has 0 fully saturated rings. The van der Waals surface area contributed by atoms with Gasteiger partial charge in [-0.3, -0.25) is 0 Å². The SMILES string of the molecule is COc1cc(CNCc2ccc(F)cc2)ccc1C#N. The van der Waals surface area contributed by atoms with E-state index in [-0.39, 0.29) is 5.82 Å². The van der Waals surface area contributed by atoms with Crippen LogP contribution in [-0.2, 0) is 13.1 Å². The van der Waals surface area contributed by atoms with Gasteiger partial charge in [-0.2, -0.15) is 5.26 Å². The molecule has 102 valence electrons. The van der Waals surface area contributed by atoms with Gasteiger partial charge in [0.1, 0.15) is 17.6 Å². The van der Waals surface area contributed by atoms with E-state index in [1.54, 1.807) is 25.3 Å². The van der Waals surface area contributed by atoms with Crippen LogP contribution in [-0.4, -0.2) is 7.11 Å². The van der Waals surface area contributed by atoms with Gasteiger partial charge in [0.05, 0.1) is 12.7 Å². The summed E-state index contributed by atoms with van der Waals surface area (Å²) in [4.78, 5) is 0. The molecule has 0 heterocycles. The highest BCUT2D eigenvalue weighted by Crippen LogP contribution is 2.19. The minimum atomic E-state index is -0.231. The van der Waals surface area contributed by atoms with Crippen molar-refractivity contribution in [3.8, 4) is 11.8 Å². The van der Waals surface area contributed by atoms with Crippen molar-refractivity contribution in [3.05, 3.63) is 65.0 Å². The number of hydrogen-bond donors (Lipinski definition) is 1. The molecule has 0 bridgehead atoms. The van der Waals surface area contributed by atoms with E-state index in [9.17, 15) is 4.39 Å². The lowest BCUT2D eigenvalue weighted by Crippen LogP contribution is -2.12. The first kappa shape index (κ1) is 14.0. The van der Waals surface area contributed by atoms with E-state index in [1.807, 2.05) is 12.1 Å². The highest BCUT2D eigenvalue weighted by molar-refractivity contribution is 5.45. The minimum absolute atomic E-state index is 0.231. The van der Waals surface area contributed by atoms with Crippen molar-refractivity contribution in [1.82, 2.24) is 5.32 Å². The predicted octanol–water partition coefficient (Wildman–Crippen LogP) is 3.00. The summed E-state index contributed by atoms with van der Waals surface area (Å²) in [5.74, 6) is 0.346. The van der Waals surface area contributed by atoms with E-state index in [2.05, 4.69) is 11.4 Å². The summed E-state index contributed by atoms with van der Waals surface area (Å²) in [5, 5.41) is 12.2. The lowest BCUT2D eigenvalue weighted by atomic mass is 10.1. The fourth-order valence-electron chi connectivity index (χ4n) is 1.89. The summed E-state index contributed by atoms with van der Waals surface area (Å²) in [6.07, 6.45) is 0. The molecule has 0 aliphatic carbocycles. The maximum absolute atomic E-state index is 12.8. The second kappa shape index (κ2) is 6.69. The van der Waals surface area contributed by atoms with Crippen LogP contribution in [0.15, 0.2) is 42.5 Å². The number of nitrogens with zero attached hydrogens (tertiary/aromatic N) is 1. The Hall–Kier alpha value is -2.38. The quantitative estimate of drug-likeness (QED) is 0.908. The van der Waals surface area contributed by atoms with E-state index in [1.165, 1.54) is 12.1 Å². The molecule has 0 amide bonds. The summed E-state index contributed by atoms with van der Waals surface area (Å²) < 4.78 is 17.9. The Morgan fingerprint density at radius 3 is 2.40 bits per heavy atom. The highest BCUT2D eigenvalue weighted by Gasteiger charge is 2.03. The molecule has 0 aromatic heterocycles. The molecule has 1 N–H and O–H groups in total. The zero-order chi connectivity index (χ0) is 14.4. The molecule has 0 unspecified atom stereocenters.